The van der Waals surface area contributed by atoms with E-state index in [0.29, 0.717) is 6.42 Å². The van der Waals surface area contributed by atoms with Crippen molar-refractivity contribution in [1.29, 1.82) is 0 Å². The summed E-state index contributed by atoms with van der Waals surface area (Å²) < 4.78 is 63.1. The minimum absolute atomic E-state index is 0.0710. The molecule has 1 aromatic rings. The highest BCUT2D eigenvalue weighted by molar-refractivity contribution is 5.21. The van der Waals surface area contributed by atoms with Crippen molar-refractivity contribution in [2.45, 2.75) is 25.6 Å². The van der Waals surface area contributed by atoms with E-state index in [-0.39, 0.29) is 18.7 Å². The van der Waals surface area contributed by atoms with Gasteiger partial charge in [-0.2, -0.15) is 13.2 Å². The largest absolute Gasteiger partial charge is 0.401 e. The number of alkyl halides is 3. The third-order valence-corrected chi connectivity index (χ3v) is 2.77. The van der Waals surface area contributed by atoms with Gasteiger partial charge < -0.3 is 5.73 Å². The second kappa shape index (κ2) is 6.99. The molecule has 0 aromatic heterocycles. The minimum Gasteiger partial charge on any atom is -0.323 e. The molecule has 1 atom stereocenters. The molecule has 0 aliphatic heterocycles. The third-order valence-electron chi connectivity index (χ3n) is 2.77. The van der Waals surface area contributed by atoms with Crippen LogP contribution in [0.5, 0.6) is 0 Å². The van der Waals surface area contributed by atoms with Crippen LogP contribution < -0.4 is 5.73 Å². The molecule has 0 saturated carbocycles. The van der Waals surface area contributed by atoms with Crippen LogP contribution in [-0.2, 0) is 0 Å². The fourth-order valence-electron chi connectivity index (χ4n) is 1.93. The van der Waals surface area contributed by atoms with E-state index >= 15 is 0 Å². The lowest BCUT2D eigenvalue weighted by molar-refractivity contribution is -0.146. The highest BCUT2D eigenvalue weighted by atomic mass is 19.4. The fraction of sp³-hybridized carbons (Fsp3) is 0.538. The molecule has 0 amide bonds. The summed E-state index contributed by atoms with van der Waals surface area (Å²) in [6, 6.07) is 2.30. The molecule has 0 radical (unpaired) electrons. The molecule has 2 N–H and O–H groups in total. The summed E-state index contributed by atoms with van der Waals surface area (Å²) in [6.07, 6.45) is -3.77. The summed E-state index contributed by atoms with van der Waals surface area (Å²) >= 11 is 0. The van der Waals surface area contributed by atoms with Crippen LogP contribution in [0.15, 0.2) is 18.2 Å². The predicted octanol–water partition coefficient (Wildman–Crippen LogP) is 3.24. The Morgan fingerprint density at radius 2 is 1.85 bits per heavy atom. The Bertz CT molecular complexity index is 433. The van der Waals surface area contributed by atoms with Gasteiger partial charge in [-0.05, 0) is 30.7 Å². The standard InChI is InChI=1S/C13H17F5N2/c1-2-5-20(8-13(16,17)18)7-12(19)9-3-4-10(14)11(15)6-9/h3-4,6,12H,2,5,7-8,19H2,1H3. The van der Waals surface area contributed by atoms with Crippen molar-refractivity contribution in [1.82, 2.24) is 4.90 Å². The lowest BCUT2D eigenvalue weighted by Crippen LogP contribution is -2.39. The molecule has 0 saturated heterocycles. The molecule has 0 aliphatic rings. The van der Waals surface area contributed by atoms with E-state index in [0.717, 1.165) is 17.0 Å². The molecule has 114 valence electrons. The molecule has 0 spiro atoms. The van der Waals surface area contributed by atoms with Crippen LogP contribution in [-0.4, -0.2) is 30.7 Å². The average molecular weight is 296 g/mol. The van der Waals surface area contributed by atoms with Gasteiger partial charge in [0, 0.05) is 12.6 Å². The molecular formula is C13H17F5N2. The molecule has 0 aliphatic carbocycles. The highest BCUT2D eigenvalue weighted by Crippen LogP contribution is 2.20. The second-order valence-electron chi connectivity index (χ2n) is 4.63. The maximum absolute atomic E-state index is 13.1. The maximum Gasteiger partial charge on any atom is 0.401 e. The first-order valence-electron chi connectivity index (χ1n) is 6.22. The number of benzene rings is 1. The van der Waals surface area contributed by atoms with Gasteiger partial charge in [0.15, 0.2) is 11.6 Å². The minimum atomic E-state index is -4.32. The zero-order valence-electron chi connectivity index (χ0n) is 11.1. The van der Waals surface area contributed by atoms with Gasteiger partial charge in [0.25, 0.3) is 0 Å². The Hall–Kier alpha value is -1.21. The van der Waals surface area contributed by atoms with Crippen LogP contribution >= 0.6 is 0 Å². The van der Waals surface area contributed by atoms with E-state index < -0.39 is 30.4 Å². The molecule has 20 heavy (non-hydrogen) atoms. The van der Waals surface area contributed by atoms with Gasteiger partial charge in [0.1, 0.15) is 0 Å². The van der Waals surface area contributed by atoms with Crippen LogP contribution in [0.4, 0.5) is 22.0 Å². The monoisotopic (exact) mass is 296 g/mol. The van der Waals surface area contributed by atoms with E-state index in [1.807, 2.05) is 0 Å². The van der Waals surface area contributed by atoms with E-state index in [4.69, 9.17) is 5.73 Å². The van der Waals surface area contributed by atoms with Gasteiger partial charge in [-0.25, -0.2) is 8.78 Å². The van der Waals surface area contributed by atoms with Crippen molar-refractivity contribution in [3.63, 3.8) is 0 Å². The summed E-state index contributed by atoms with van der Waals surface area (Å²) in [7, 11) is 0. The SMILES string of the molecule is CCCN(CC(N)c1ccc(F)c(F)c1)CC(F)(F)F. The van der Waals surface area contributed by atoms with Crippen LogP contribution in [0.1, 0.15) is 24.9 Å². The molecule has 2 nitrogen and oxygen atoms in total. The quantitative estimate of drug-likeness (QED) is 0.817. The van der Waals surface area contributed by atoms with E-state index in [1.54, 1.807) is 6.92 Å². The first-order valence-corrected chi connectivity index (χ1v) is 6.22. The molecule has 0 bridgehead atoms. The summed E-state index contributed by atoms with van der Waals surface area (Å²) in [5.74, 6) is -2.07. The Balaban J connectivity index is 2.74. The number of hydrogen-bond donors (Lipinski definition) is 1. The Kier molecular flexibility index (Phi) is 5.88. The van der Waals surface area contributed by atoms with Crippen LogP contribution in [0.25, 0.3) is 0 Å². The summed E-state index contributed by atoms with van der Waals surface area (Å²) in [4.78, 5) is 1.16. The molecule has 1 aromatic carbocycles. The number of nitrogens with two attached hydrogens (primary N) is 1. The number of nitrogens with zero attached hydrogens (tertiary/aromatic N) is 1. The lowest BCUT2D eigenvalue weighted by atomic mass is 10.1. The van der Waals surface area contributed by atoms with E-state index in [1.165, 1.54) is 6.07 Å². The van der Waals surface area contributed by atoms with Gasteiger partial charge in [0.2, 0.25) is 0 Å². The van der Waals surface area contributed by atoms with Crippen LogP contribution in [0.3, 0.4) is 0 Å². The van der Waals surface area contributed by atoms with Crippen LogP contribution in [0.2, 0.25) is 0 Å². The van der Waals surface area contributed by atoms with Gasteiger partial charge in [0.05, 0.1) is 6.54 Å². The first-order chi connectivity index (χ1) is 9.23. The fourth-order valence-corrected chi connectivity index (χ4v) is 1.93. The molecule has 1 unspecified atom stereocenters. The van der Waals surface area contributed by atoms with Gasteiger partial charge in [-0.15, -0.1) is 0 Å². The van der Waals surface area contributed by atoms with Gasteiger partial charge >= 0.3 is 6.18 Å². The van der Waals surface area contributed by atoms with Crippen molar-refractivity contribution in [2.24, 2.45) is 5.73 Å². The van der Waals surface area contributed by atoms with Crippen molar-refractivity contribution in [3.8, 4) is 0 Å². The molecule has 0 heterocycles. The maximum atomic E-state index is 13.1. The second-order valence-corrected chi connectivity index (χ2v) is 4.63. The third kappa shape index (κ3) is 5.42. The molecule has 1 rings (SSSR count). The zero-order chi connectivity index (χ0) is 15.3. The smallest absolute Gasteiger partial charge is 0.323 e. The van der Waals surface area contributed by atoms with E-state index in [2.05, 4.69) is 0 Å². The summed E-state index contributed by atoms with van der Waals surface area (Å²) in [5.41, 5.74) is 6.04. The number of rotatable bonds is 6. The Labute approximate surface area is 114 Å². The van der Waals surface area contributed by atoms with Crippen molar-refractivity contribution in [2.75, 3.05) is 19.6 Å². The van der Waals surface area contributed by atoms with Crippen molar-refractivity contribution in [3.05, 3.63) is 35.4 Å². The number of halogens is 5. The number of hydrogen-bond acceptors (Lipinski definition) is 2. The van der Waals surface area contributed by atoms with Gasteiger partial charge in [-0.3, -0.25) is 4.90 Å². The van der Waals surface area contributed by atoms with Gasteiger partial charge in [-0.1, -0.05) is 13.0 Å². The van der Waals surface area contributed by atoms with Crippen molar-refractivity contribution >= 4 is 0 Å². The average Bonchev–Trinajstić information content (AvgIpc) is 2.30. The van der Waals surface area contributed by atoms with E-state index in [9.17, 15) is 22.0 Å². The normalized spacial score (nSPS) is 13.8. The van der Waals surface area contributed by atoms with Crippen LogP contribution in [0, 0.1) is 11.6 Å². The highest BCUT2D eigenvalue weighted by Gasteiger charge is 2.31. The molecule has 0 fully saturated rings. The molecule has 7 heteroatoms. The summed E-state index contributed by atoms with van der Waals surface area (Å²) in [5, 5.41) is 0. The topological polar surface area (TPSA) is 29.3 Å². The Morgan fingerprint density at radius 3 is 2.35 bits per heavy atom. The van der Waals surface area contributed by atoms with Crippen molar-refractivity contribution < 1.29 is 22.0 Å². The first kappa shape index (κ1) is 16.8. The predicted molar refractivity (Wildman–Crippen MR) is 66.1 cm³/mol. The summed E-state index contributed by atoms with van der Waals surface area (Å²) in [6.45, 7) is 0.847. The lowest BCUT2D eigenvalue weighted by Gasteiger charge is -2.26. The zero-order valence-corrected chi connectivity index (χ0v) is 11.1. The molecular weight excluding hydrogens is 279 g/mol. The Morgan fingerprint density at radius 1 is 1.20 bits per heavy atom.